The number of carbonyl (C=O) groups is 3. The van der Waals surface area contributed by atoms with Gasteiger partial charge in [0.15, 0.2) is 0 Å². The third-order valence-electron chi connectivity index (χ3n) is 5.64. The van der Waals surface area contributed by atoms with Crippen molar-refractivity contribution in [3.63, 3.8) is 0 Å². The van der Waals surface area contributed by atoms with Crippen molar-refractivity contribution >= 4 is 23.4 Å². The highest BCUT2D eigenvalue weighted by Gasteiger charge is 2.36. The maximum atomic E-state index is 13.2. The number of rotatable bonds is 4. The number of hydrogen-bond acceptors (Lipinski definition) is 3. The molecule has 2 aromatic rings. The SMILES string of the molecule is O=C(Nc1cccc(C(=O)N2CCN(C(=O)c3ccccc3C(F)(F)F)CC2)c1)C1CC1. The molecular weight excluding hydrogens is 423 g/mol. The predicted octanol–water partition coefficient (Wildman–Crippen LogP) is 3.65. The van der Waals surface area contributed by atoms with E-state index in [1.165, 1.54) is 23.1 Å². The van der Waals surface area contributed by atoms with Gasteiger partial charge >= 0.3 is 6.18 Å². The van der Waals surface area contributed by atoms with Crippen LogP contribution >= 0.6 is 0 Å². The Bertz CT molecular complexity index is 1040. The average Bonchev–Trinajstić information content (AvgIpc) is 3.63. The highest BCUT2D eigenvalue weighted by atomic mass is 19.4. The summed E-state index contributed by atoms with van der Waals surface area (Å²) in [6.45, 7) is 0.679. The standard InChI is InChI=1S/C23H22F3N3O3/c24-23(25,26)19-7-2-1-6-18(19)22(32)29-12-10-28(11-13-29)21(31)16-4-3-5-17(14-16)27-20(30)15-8-9-15/h1-7,14-15H,8-13H2,(H,27,30). The first-order valence-electron chi connectivity index (χ1n) is 10.4. The molecule has 2 aromatic carbocycles. The Morgan fingerprint density at radius 2 is 1.47 bits per heavy atom. The van der Waals surface area contributed by atoms with Crippen molar-refractivity contribution < 1.29 is 27.6 Å². The number of amides is 3. The Morgan fingerprint density at radius 3 is 2.09 bits per heavy atom. The predicted molar refractivity (Wildman–Crippen MR) is 111 cm³/mol. The highest BCUT2D eigenvalue weighted by Crippen LogP contribution is 2.33. The highest BCUT2D eigenvalue weighted by molar-refractivity contribution is 5.99. The molecule has 0 bridgehead atoms. The minimum Gasteiger partial charge on any atom is -0.335 e. The van der Waals surface area contributed by atoms with Crippen LogP contribution in [-0.2, 0) is 11.0 Å². The quantitative estimate of drug-likeness (QED) is 0.781. The molecule has 2 aliphatic rings. The molecule has 1 saturated heterocycles. The molecule has 1 saturated carbocycles. The molecule has 0 aromatic heterocycles. The molecule has 1 aliphatic heterocycles. The summed E-state index contributed by atoms with van der Waals surface area (Å²) in [5, 5.41) is 2.81. The van der Waals surface area contributed by atoms with Crippen molar-refractivity contribution in [2.24, 2.45) is 5.92 Å². The number of alkyl halides is 3. The van der Waals surface area contributed by atoms with Gasteiger partial charge in [-0.2, -0.15) is 13.2 Å². The Kier molecular flexibility index (Phi) is 5.90. The number of anilines is 1. The molecule has 4 rings (SSSR count). The summed E-state index contributed by atoms with van der Waals surface area (Å²) in [7, 11) is 0. The lowest BCUT2D eigenvalue weighted by molar-refractivity contribution is -0.138. The maximum absolute atomic E-state index is 13.2. The molecule has 0 radical (unpaired) electrons. The van der Waals surface area contributed by atoms with Gasteiger partial charge in [-0.1, -0.05) is 18.2 Å². The summed E-state index contributed by atoms with van der Waals surface area (Å²) < 4.78 is 39.7. The Labute approximate surface area is 183 Å². The fourth-order valence-corrected chi connectivity index (χ4v) is 3.70. The van der Waals surface area contributed by atoms with E-state index in [-0.39, 0.29) is 49.5 Å². The second kappa shape index (κ2) is 8.64. The van der Waals surface area contributed by atoms with Gasteiger partial charge in [0, 0.05) is 43.3 Å². The van der Waals surface area contributed by atoms with Crippen molar-refractivity contribution in [3.05, 3.63) is 65.2 Å². The Balaban J connectivity index is 1.39. The summed E-state index contributed by atoms with van der Waals surface area (Å²) in [6.07, 6.45) is -2.87. The molecule has 0 spiro atoms. The number of halogens is 3. The first kappa shape index (κ1) is 21.9. The molecule has 1 N–H and O–H groups in total. The molecule has 0 atom stereocenters. The van der Waals surface area contributed by atoms with Gasteiger partial charge in [-0.25, -0.2) is 0 Å². The molecule has 9 heteroatoms. The number of nitrogens with one attached hydrogen (secondary N) is 1. The van der Waals surface area contributed by atoms with Crippen molar-refractivity contribution in [2.45, 2.75) is 19.0 Å². The van der Waals surface area contributed by atoms with E-state index in [1.807, 2.05) is 0 Å². The molecule has 1 aliphatic carbocycles. The maximum Gasteiger partial charge on any atom is 0.417 e. The third-order valence-corrected chi connectivity index (χ3v) is 5.64. The van der Waals surface area contributed by atoms with Crippen LogP contribution in [0.15, 0.2) is 48.5 Å². The van der Waals surface area contributed by atoms with Crippen LogP contribution < -0.4 is 5.32 Å². The fraction of sp³-hybridized carbons (Fsp3) is 0.348. The van der Waals surface area contributed by atoms with Gasteiger partial charge in [-0.15, -0.1) is 0 Å². The van der Waals surface area contributed by atoms with Gasteiger partial charge in [0.2, 0.25) is 5.91 Å². The number of piperazine rings is 1. The van der Waals surface area contributed by atoms with E-state index in [1.54, 1.807) is 29.2 Å². The van der Waals surface area contributed by atoms with E-state index < -0.39 is 17.6 Å². The number of benzene rings is 2. The molecule has 168 valence electrons. The van der Waals surface area contributed by atoms with E-state index in [9.17, 15) is 27.6 Å². The molecule has 6 nitrogen and oxygen atoms in total. The van der Waals surface area contributed by atoms with Gasteiger partial charge in [-0.3, -0.25) is 14.4 Å². The van der Waals surface area contributed by atoms with Crippen LogP contribution in [0.3, 0.4) is 0 Å². The molecule has 32 heavy (non-hydrogen) atoms. The minimum absolute atomic E-state index is 0.0439. The van der Waals surface area contributed by atoms with Crippen LogP contribution in [0.25, 0.3) is 0 Å². The van der Waals surface area contributed by atoms with Gasteiger partial charge in [-0.05, 0) is 43.2 Å². The lowest BCUT2D eigenvalue weighted by atomic mass is 10.1. The molecule has 1 heterocycles. The van der Waals surface area contributed by atoms with Crippen LogP contribution in [0, 0.1) is 5.92 Å². The molecule has 3 amide bonds. The van der Waals surface area contributed by atoms with E-state index in [0.717, 1.165) is 18.9 Å². The molecular formula is C23H22F3N3O3. The monoisotopic (exact) mass is 445 g/mol. The van der Waals surface area contributed by atoms with Crippen LogP contribution in [-0.4, -0.2) is 53.7 Å². The number of carbonyl (C=O) groups excluding carboxylic acids is 3. The first-order valence-corrected chi connectivity index (χ1v) is 10.4. The van der Waals surface area contributed by atoms with E-state index >= 15 is 0 Å². The number of nitrogens with zero attached hydrogens (tertiary/aromatic N) is 2. The first-order chi connectivity index (χ1) is 15.2. The normalized spacial score (nSPS) is 16.6. The Morgan fingerprint density at radius 1 is 0.844 bits per heavy atom. The third kappa shape index (κ3) is 4.76. The van der Waals surface area contributed by atoms with Gasteiger partial charge in [0.25, 0.3) is 11.8 Å². The lowest BCUT2D eigenvalue weighted by Crippen LogP contribution is -2.50. The van der Waals surface area contributed by atoms with E-state index in [2.05, 4.69) is 5.32 Å². The fourth-order valence-electron chi connectivity index (χ4n) is 3.70. The zero-order chi connectivity index (χ0) is 22.9. The smallest absolute Gasteiger partial charge is 0.335 e. The zero-order valence-corrected chi connectivity index (χ0v) is 17.2. The zero-order valence-electron chi connectivity index (χ0n) is 17.2. The summed E-state index contributed by atoms with van der Waals surface area (Å²) in [6, 6.07) is 11.4. The largest absolute Gasteiger partial charge is 0.417 e. The molecule has 0 unspecified atom stereocenters. The van der Waals surface area contributed by atoms with Crippen LogP contribution in [0.1, 0.15) is 39.1 Å². The minimum atomic E-state index is -4.62. The summed E-state index contributed by atoms with van der Waals surface area (Å²) in [5.74, 6) is -0.964. The molecule has 2 fully saturated rings. The van der Waals surface area contributed by atoms with Gasteiger partial charge < -0.3 is 15.1 Å². The van der Waals surface area contributed by atoms with E-state index in [4.69, 9.17) is 0 Å². The topological polar surface area (TPSA) is 69.7 Å². The van der Waals surface area contributed by atoms with Crippen molar-refractivity contribution in [3.8, 4) is 0 Å². The van der Waals surface area contributed by atoms with Crippen molar-refractivity contribution in [1.82, 2.24) is 9.80 Å². The second-order valence-corrected chi connectivity index (χ2v) is 7.97. The van der Waals surface area contributed by atoms with Gasteiger partial charge in [0.05, 0.1) is 11.1 Å². The van der Waals surface area contributed by atoms with Crippen molar-refractivity contribution in [2.75, 3.05) is 31.5 Å². The second-order valence-electron chi connectivity index (χ2n) is 7.97. The Hall–Kier alpha value is -3.36. The average molecular weight is 445 g/mol. The lowest BCUT2D eigenvalue weighted by Gasteiger charge is -2.35. The van der Waals surface area contributed by atoms with Crippen LogP contribution in [0.5, 0.6) is 0 Å². The van der Waals surface area contributed by atoms with Crippen molar-refractivity contribution in [1.29, 1.82) is 0 Å². The summed E-state index contributed by atoms with van der Waals surface area (Å²) in [4.78, 5) is 40.4. The van der Waals surface area contributed by atoms with Crippen LogP contribution in [0.2, 0.25) is 0 Å². The summed E-state index contributed by atoms with van der Waals surface area (Å²) >= 11 is 0. The van der Waals surface area contributed by atoms with E-state index in [0.29, 0.717) is 11.3 Å². The number of hydrogen-bond donors (Lipinski definition) is 1. The van der Waals surface area contributed by atoms with Crippen LogP contribution in [0.4, 0.5) is 18.9 Å². The summed E-state index contributed by atoms with van der Waals surface area (Å²) in [5.41, 5.74) is -0.404. The van der Waals surface area contributed by atoms with Gasteiger partial charge in [0.1, 0.15) is 0 Å².